The standard InChI is InChI=1S/C15H20FN3O4S/c1-11(20)17-8-9-18-15(21)13-6-4-10-19(13)24(22,23)14-7-3-2-5-12(14)16/h2-3,5,7,13H,4,6,8-10H2,1H3,(H,17,20)(H,18,21)/t13-/m0/s1. The number of halogens is 1. The van der Waals surface area contributed by atoms with Crippen LogP contribution in [-0.2, 0) is 19.6 Å². The minimum Gasteiger partial charge on any atom is -0.355 e. The number of sulfonamides is 1. The summed E-state index contributed by atoms with van der Waals surface area (Å²) in [7, 11) is -4.08. The minimum atomic E-state index is -4.08. The van der Waals surface area contributed by atoms with Gasteiger partial charge in [0, 0.05) is 26.6 Å². The molecule has 1 heterocycles. The fraction of sp³-hybridized carbons (Fsp3) is 0.467. The van der Waals surface area contributed by atoms with Gasteiger partial charge in [0.15, 0.2) is 0 Å². The average Bonchev–Trinajstić information content (AvgIpc) is 3.02. The zero-order valence-electron chi connectivity index (χ0n) is 13.3. The number of carbonyl (C=O) groups is 2. The molecule has 1 saturated heterocycles. The van der Waals surface area contributed by atoms with Gasteiger partial charge in [-0.15, -0.1) is 0 Å². The molecule has 0 aromatic heterocycles. The van der Waals surface area contributed by atoms with Gasteiger partial charge in [-0.25, -0.2) is 12.8 Å². The van der Waals surface area contributed by atoms with Crippen LogP contribution < -0.4 is 10.6 Å². The fourth-order valence-corrected chi connectivity index (χ4v) is 4.34. The SMILES string of the molecule is CC(=O)NCCNC(=O)[C@@H]1CCCN1S(=O)(=O)c1ccccc1F. The summed E-state index contributed by atoms with van der Waals surface area (Å²) in [4.78, 5) is 22.6. The van der Waals surface area contributed by atoms with Gasteiger partial charge < -0.3 is 10.6 Å². The summed E-state index contributed by atoms with van der Waals surface area (Å²) in [6.07, 6.45) is 0.900. The highest BCUT2D eigenvalue weighted by molar-refractivity contribution is 7.89. The smallest absolute Gasteiger partial charge is 0.246 e. The normalized spacial score (nSPS) is 18.3. The molecule has 0 saturated carbocycles. The Morgan fingerprint density at radius 2 is 1.92 bits per heavy atom. The van der Waals surface area contributed by atoms with Crippen molar-refractivity contribution in [2.45, 2.75) is 30.7 Å². The van der Waals surface area contributed by atoms with Gasteiger partial charge in [-0.3, -0.25) is 9.59 Å². The number of hydrogen-bond acceptors (Lipinski definition) is 4. The molecule has 2 rings (SSSR count). The van der Waals surface area contributed by atoms with Crippen LogP contribution in [0.4, 0.5) is 4.39 Å². The second-order valence-corrected chi connectivity index (χ2v) is 7.34. The van der Waals surface area contributed by atoms with Crippen LogP contribution in [0.2, 0.25) is 0 Å². The van der Waals surface area contributed by atoms with Crippen LogP contribution >= 0.6 is 0 Å². The lowest BCUT2D eigenvalue weighted by Gasteiger charge is -2.23. The third-order valence-electron chi connectivity index (χ3n) is 3.73. The molecule has 1 aromatic carbocycles. The van der Waals surface area contributed by atoms with E-state index in [1.165, 1.54) is 25.1 Å². The Morgan fingerprint density at radius 3 is 2.58 bits per heavy atom. The van der Waals surface area contributed by atoms with E-state index in [9.17, 15) is 22.4 Å². The molecular weight excluding hydrogens is 337 g/mol. The summed E-state index contributed by atoms with van der Waals surface area (Å²) in [5.74, 6) is -1.50. The number of rotatable bonds is 6. The molecule has 7 nitrogen and oxygen atoms in total. The molecule has 0 spiro atoms. The minimum absolute atomic E-state index is 0.167. The Labute approximate surface area is 140 Å². The van der Waals surface area contributed by atoms with Crippen LogP contribution in [0.3, 0.4) is 0 Å². The molecule has 0 bridgehead atoms. The first-order chi connectivity index (χ1) is 11.3. The average molecular weight is 357 g/mol. The second kappa shape index (κ2) is 7.71. The Morgan fingerprint density at radius 1 is 1.25 bits per heavy atom. The van der Waals surface area contributed by atoms with Gasteiger partial charge in [0.25, 0.3) is 0 Å². The van der Waals surface area contributed by atoms with Crippen LogP contribution in [0.15, 0.2) is 29.2 Å². The van der Waals surface area contributed by atoms with Crippen molar-refractivity contribution in [1.29, 1.82) is 0 Å². The molecule has 0 aliphatic carbocycles. The van der Waals surface area contributed by atoms with Crippen molar-refractivity contribution < 1.29 is 22.4 Å². The van der Waals surface area contributed by atoms with Crippen LogP contribution in [0, 0.1) is 5.82 Å². The maximum absolute atomic E-state index is 13.8. The maximum atomic E-state index is 13.8. The van der Waals surface area contributed by atoms with Crippen LogP contribution in [0.1, 0.15) is 19.8 Å². The monoisotopic (exact) mass is 357 g/mol. The molecule has 2 N–H and O–H groups in total. The first-order valence-corrected chi connectivity index (χ1v) is 9.06. The van der Waals surface area contributed by atoms with Gasteiger partial charge in [-0.1, -0.05) is 12.1 Å². The Bertz CT molecular complexity index is 723. The number of benzene rings is 1. The molecule has 1 aromatic rings. The molecule has 2 amide bonds. The van der Waals surface area contributed by atoms with Crippen molar-refractivity contribution in [3.8, 4) is 0 Å². The molecule has 0 radical (unpaired) electrons. The van der Waals surface area contributed by atoms with Gasteiger partial charge in [0.2, 0.25) is 21.8 Å². The molecule has 0 unspecified atom stereocenters. The topological polar surface area (TPSA) is 95.6 Å². The van der Waals surface area contributed by atoms with E-state index >= 15 is 0 Å². The first kappa shape index (κ1) is 18.3. The van der Waals surface area contributed by atoms with E-state index in [1.807, 2.05) is 0 Å². The highest BCUT2D eigenvalue weighted by Crippen LogP contribution is 2.27. The number of hydrogen-bond donors (Lipinski definition) is 2. The molecule has 1 fully saturated rings. The number of nitrogens with zero attached hydrogens (tertiary/aromatic N) is 1. The van der Waals surface area contributed by atoms with Crippen molar-refractivity contribution in [2.24, 2.45) is 0 Å². The Kier molecular flexibility index (Phi) is 5.89. The highest BCUT2D eigenvalue weighted by atomic mass is 32.2. The zero-order valence-corrected chi connectivity index (χ0v) is 14.1. The van der Waals surface area contributed by atoms with Crippen LogP contribution in [0.25, 0.3) is 0 Å². The summed E-state index contributed by atoms with van der Waals surface area (Å²) in [6, 6.07) is 4.24. The molecule has 24 heavy (non-hydrogen) atoms. The van der Waals surface area contributed by atoms with Gasteiger partial charge in [-0.05, 0) is 25.0 Å². The van der Waals surface area contributed by atoms with E-state index in [0.29, 0.717) is 12.8 Å². The molecule has 1 atom stereocenters. The maximum Gasteiger partial charge on any atom is 0.246 e. The Hall–Kier alpha value is -2.00. The number of nitrogens with one attached hydrogen (secondary N) is 2. The van der Waals surface area contributed by atoms with Crippen molar-refractivity contribution >= 4 is 21.8 Å². The van der Waals surface area contributed by atoms with E-state index in [-0.39, 0.29) is 25.5 Å². The van der Waals surface area contributed by atoms with Crippen LogP contribution in [-0.4, -0.2) is 50.2 Å². The molecule has 9 heteroatoms. The van der Waals surface area contributed by atoms with E-state index in [2.05, 4.69) is 10.6 Å². The third-order valence-corrected chi connectivity index (χ3v) is 5.67. The van der Waals surface area contributed by atoms with Crippen molar-refractivity contribution in [2.75, 3.05) is 19.6 Å². The zero-order chi connectivity index (χ0) is 17.7. The predicted octanol–water partition coefficient (Wildman–Crippen LogP) is 0.231. The largest absolute Gasteiger partial charge is 0.355 e. The van der Waals surface area contributed by atoms with Crippen molar-refractivity contribution in [3.05, 3.63) is 30.1 Å². The molecule has 1 aliphatic heterocycles. The van der Waals surface area contributed by atoms with E-state index in [4.69, 9.17) is 0 Å². The fourth-order valence-electron chi connectivity index (χ4n) is 2.61. The van der Waals surface area contributed by atoms with E-state index < -0.39 is 32.7 Å². The summed E-state index contributed by atoms with van der Waals surface area (Å²) in [5, 5.41) is 5.13. The lowest BCUT2D eigenvalue weighted by Crippen LogP contribution is -2.47. The lowest BCUT2D eigenvalue weighted by atomic mass is 10.2. The second-order valence-electron chi connectivity index (χ2n) is 5.48. The van der Waals surface area contributed by atoms with Crippen LogP contribution in [0.5, 0.6) is 0 Å². The summed E-state index contributed by atoms with van der Waals surface area (Å²) >= 11 is 0. The summed E-state index contributed by atoms with van der Waals surface area (Å²) < 4.78 is 40.2. The van der Waals surface area contributed by atoms with E-state index in [1.54, 1.807) is 0 Å². The van der Waals surface area contributed by atoms with Gasteiger partial charge in [-0.2, -0.15) is 4.31 Å². The predicted molar refractivity (Wildman–Crippen MR) is 85.0 cm³/mol. The number of amides is 2. The van der Waals surface area contributed by atoms with Crippen molar-refractivity contribution in [1.82, 2.24) is 14.9 Å². The third kappa shape index (κ3) is 4.09. The summed E-state index contributed by atoms with van der Waals surface area (Å²) in [6.45, 7) is 1.98. The Balaban J connectivity index is 2.08. The quantitative estimate of drug-likeness (QED) is 0.713. The first-order valence-electron chi connectivity index (χ1n) is 7.62. The lowest BCUT2D eigenvalue weighted by molar-refractivity contribution is -0.124. The van der Waals surface area contributed by atoms with Crippen molar-refractivity contribution in [3.63, 3.8) is 0 Å². The number of carbonyl (C=O) groups excluding carboxylic acids is 2. The van der Waals surface area contributed by atoms with Gasteiger partial charge in [0.1, 0.15) is 16.8 Å². The molecule has 132 valence electrons. The molecule has 1 aliphatic rings. The van der Waals surface area contributed by atoms with Gasteiger partial charge in [0.05, 0.1) is 0 Å². The molecular formula is C15H20FN3O4S. The van der Waals surface area contributed by atoms with Gasteiger partial charge >= 0.3 is 0 Å². The summed E-state index contributed by atoms with van der Waals surface area (Å²) in [5.41, 5.74) is 0. The van der Waals surface area contributed by atoms with E-state index in [0.717, 1.165) is 10.4 Å². The highest BCUT2D eigenvalue weighted by Gasteiger charge is 2.40.